The average Bonchev–Trinajstić information content (AvgIpc) is 2.48. The van der Waals surface area contributed by atoms with Gasteiger partial charge in [-0.05, 0) is 37.1 Å². The van der Waals surface area contributed by atoms with E-state index in [1.165, 1.54) is 0 Å². The highest BCUT2D eigenvalue weighted by Gasteiger charge is 2.13. The molecule has 3 heteroatoms. The number of hydrogen-bond acceptors (Lipinski definition) is 2. The van der Waals surface area contributed by atoms with Crippen LogP contribution in [0.1, 0.15) is 18.9 Å². The largest absolute Gasteiger partial charge is 0.399 e. The van der Waals surface area contributed by atoms with Gasteiger partial charge in [0.2, 0.25) is 5.91 Å². The van der Waals surface area contributed by atoms with Gasteiger partial charge >= 0.3 is 0 Å². The van der Waals surface area contributed by atoms with Gasteiger partial charge in [-0.3, -0.25) is 4.79 Å². The number of anilines is 2. The predicted octanol–water partition coefficient (Wildman–Crippen LogP) is 3.25. The molecule has 2 aromatic carbocycles. The van der Waals surface area contributed by atoms with Crippen molar-refractivity contribution < 1.29 is 4.79 Å². The van der Waals surface area contributed by atoms with E-state index in [2.05, 4.69) is 0 Å². The number of nitrogen functional groups attached to an aromatic ring is 1. The summed E-state index contributed by atoms with van der Waals surface area (Å²) >= 11 is 0. The summed E-state index contributed by atoms with van der Waals surface area (Å²) in [4.78, 5) is 14.1. The lowest BCUT2D eigenvalue weighted by atomic mass is 10.1. The number of hydrogen-bond donors (Lipinski definition) is 1. The van der Waals surface area contributed by atoms with Gasteiger partial charge in [0, 0.05) is 24.3 Å². The van der Waals surface area contributed by atoms with Gasteiger partial charge in [-0.1, -0.05) is 36.4 Å². The molecule has 0 spiro atoms. The fraction of sp³-hybridized carbons (Fsp3) is 0.235. The Morgan fingerprint density at radius 1 is 1.05 bits per heavy atom. The number of carbonyl (C=O) groups is 1. The van der Waals surface area contributed by atoms with E-state index in [4.69, 9.17) is 5.73 Å². The van der Waals surface area contributed by atoms with Crippen LogP contribution in [0.5, 0.6) is 0 Å². The normalized spacial score (nSPS) is 10.2. The summed E-state index contributed by atoms with van der Waals surface area (Å²) in [5, 5.41) is 0. The van der Waals surface area contributed by atoms with Gasteiger partial charge < -0.3 is 10.6 Å². The van der Waals surface area contributed by atoms with Crippen molar-refractivity contribution in [3.8, 4) is 0 Å². The van der Waals surface area contributed by atoms with E-state index in [9.17, 15) is 4.79 Å². The van der Waals surface area contributed by atoms with Crippen molar-refractivity contribution in [2.24, 2.45) is 0 Å². The number of aryl methyl sites for hydroxylation is 1. The van der Waals surface area contributed by atoms with E-state index in [1.54, 1.807) is 4.90 Å². The minimum atomic E-state index is 0.127. The monoisotopic (exact) mass is 268 g/mol. The van der Waals surface area contributed by atoms with Crippen LogP contribution in [0.4, 0.5) is 11.4 Å². The molecular formula is C17H20N2O. The molecule has 0 unspecified atom stereocenters. The van der Waals surface area contributed by atoms with Crippen LogP contribution < -0.4 is 10.6 Å². The molecule has 2 N–H and O–H groups in total. The van der Waals surface area contributed by atoms with Crippen molar-refractivity contribution >= 4 is 17.3 Å². The summed E-state index contributed by atoms with van der Waals surface area (Å²) in [6, 6.07) is 17.5. The molecule has 1 amide bonds. The number of carbonyl (C=O) groups excluding carboxylic acids is 1. The van der Waals surface area contributed by atoms with E-state index in [0.29, 0.717) is 19.4 Å². The molecule has 0 aromatic heterocycles. The first-order chi connectivity index (χ1) is 9.72. The van der Waals surface area contributed by atoms with Crippen molar-refractivity contribution in [1.82, 2.24) is 0 Å². The molecule has 0 aliphatic carbocycles. The molecule has 0 atom stereocenters. The van der Waals surface area contributed by atoms with Gasteiger partial charge in [0.25, 0.3) is 0 Å². The topological polar surface area (TPSA) is 46.3 Å². The maximum absolute atomic E-state index is 12.3. The molecule has 0 bridgehead atoms. The lowest BCUT2D eigenvalue weighted by molar-refractivity contribution is -0.118. The van der Waals surface area contributed by atoms with E-state index in [0.717, 1.165) is 16.9 Å². The Balaban J connectivity index is 2.02. The average molecular weight is 268 g/mol. The number of amides is 1. The summed E-state index contributed by atoms with van der Waals surface area (Å²) in [6.45, 7) is 2.66. The zero-order chi connectivity index (χ0) is 14.4. The Morgan fingerprint density at radius 3 is 2.35 bits per heavy atom. The lowest BCUT2D eigenvalue weighted by Crippen LogP contribution is -2.30. The zero-order valence-electron chi connectivity index (χ0n) is 11.8. The molecule has 2 aromatic rings. The van der Waals surface area contributed by atoms with Crippen LogP contribution in [-0.2, 0) is 11.2 Å². The summed E-state index contributed by atoms with van der Waals surface area (Å²) < 4.78 is 0. The minimum absolute atomic E-state index is 0.127. The molecule has 0 aliphatic heterocycles. The zero-order valence-corrected chi connectivity index (χ0v) is 11.8. The fourth-order valence-corrected chi connectivity index (χ4v) is 2.25. The Hall–Kier alpha value is -2.29. The highest BCUT2D eigenvalue weighted by Crippen LogP contribution is 2.17. The maximum atomic E-state index is 12.3. The molecular weight excluding hydrogens is 248 g/mol. The highest BCUT2D eigenvalue weighted by atomic mass is 16.2. The number of nitrogens with two attached hydrogens (primary N) is 1. The second-order valence-electron chi connectivity index (χ2n) is 4.67. The van der Waals surface area contributed by atoms with Crippen molar-refractivity contribution in [2.75, 3.05) is 17.2 Å². The maximum Gasteiger partial charge on any atom is 0.227 e. The van der Waals surface area contributed by atoms with E-state index in [1.807, 2.05) is 61.5 Å². The van der Waals surface area contributed by atoms with Gasteiger partial charge in [-0.25, -0.2) is 0 Å². The Labute approximate surface area is 120 Å². The van der Waals surface area contributed by atoms with Crippen molar-refractivity contribution in [3.63, 3.8) is 0 Å². The van der Waals surface area contributed by atoms with Gasteiger partial charge in [-0.15, -0.1) is 0 Å². The third kappa shape index (κ3) is 3.38. The Bertz CT molecular complexity index is 566. The summed E-state index contributed by atoms with van der Waals surface area (Å²) in [5.74, 6) is 0.127. The first-order valence-corrected chi connectivity index (χ1v) is 6.91. The molecule has 104 valence electrons. The van der Waals surface area contributed by atoms with E-state index in [-0.39, 0.29) is 5.91 Å². The van der Waals surface area contributed by atoms with E-state index >= 15 is 0 Å². The van der Waals surface area contributed by atoms with Crippen molar-refractivity contribution in [2.45, 2.75) is 19.8 Å². The van der Waals surface area contributed by atoms with Crippen LogP contribution >= 0.6 is 0 Å². The summed E-state index contributed by atoms with van der Waals surface area (Å²) in [6.07, 6.45) is 1.14. The van der Waals surface area contributed by atoms with Crippen LogP contribution in [-0.4, -0.2) is 12.5 Å². The second-order valence-corrected chi connectivity index (χ2v) is 4.67. The quantitative estimate of drug-likeness (QED) is 0.846. The van der Waals surface area contributed by atoms with Gasteiger partial charge in [0.05, 0.1) is 0 Å². The SMILES string of the molecule is CCN(C(=O)CCc1ccccc1N)c1ccccc1. The van der Waals surface area contributed by atoms with Crippen LogP contribution in [0.15, 0.2) is 54.6 Å². The molecule has 2 rings (SSSR count). The Morgan fingerprint density at radius 2 is 1.70 bits per heavy atom. The van der Waals surface area contributed by atoms with Crippen LogP contribution in [0.3, 0.4) is 0 Å². The minimum Gasteiger partial charge on any atom is -0.399 e. The van der Waals surface area contributed by atoms with E-state index < -0.39 is 0 Å². The van der Waals surface area contributed by atoms with Crippen LogP contribution in [0, 0.1) is 0 Å². The third-order valence-electron chi connectivity index (χ3n) is 3.35. The van der Waals surface area contributed by atoms with Crippen LogP contribution in [0.2, 0.25) is 0 Å². The second kappa shape index (κ2) is 6.75. The van der Waals surface area contributed by atoms with Crippen molar-refractivity contribution in [3.05, 3.63) is 60.2 Å². The molecule has 0 saturated carbocycles. The summed E-state index contributed by atoms with van der Waals surface area (Å²) in [7, 11) is 0. The number of para-hydroxylation sites is 2. The number of benzene rings is 2. The molecule has 0 aliphatic rings. The first-order valence-electron chi connectivity index (χ1n) is 6.91. The van der Waals surface area contributed by atoms with Crippen molar-refractivity contribution in [1.29, 1.82) is 0 Å². The third-order valence-corrected chi connectivity index (χ3v) is 3.35. The van der Waals surface area contributed by atoms with Gasteiger partial charge in [0.15, 0.2) is 0 Å². The number of nitrogens with zero attached hydrogens (tertiary/aromatic N) is 1. The lowest BCUT2D eigenvalue weighted by Gasteiger charge is -2.21. The van der Waals surface area contributed by atoms with Gasteiger partial charge in [-0.2, -0.15) is 0 Å². The van der Waals surface area contributed by atoms with Crippen LogP contribution in [0.25, 0.3) is 0 Å². The molecule has 0 fully saturated rings. The first kappa shape index (κ1) is 14.1. The molecule has 0 saturated heterocycles. The smallest absolute Gasteiger partial charge is 0.227 e. The Kier molecular flexibility index (Phi) is 4.77. The molecule has 3 nitrogen and oxygen atoms in total. The standard InChI is InChI=1S/C17H20N2O/c1-2-19(15-9-4-3-5-10-15)17(20)13-12-14-8-6-7-11-16(14)18/h3-11H,2,12-13,18H2,1H3. The fourth-order valence-electron chi connectivity index (χ4n) is 2.25. The number of rotatable bonds is 5. The molecule has 20 heavy (non-hydrogen) atoms. The predicted molar refractivity (Wildman–Crippen MR) is 83.6 cm³/mol. The molecule has 0 heterocycles. The van der Waals surface area contributed by atoms with Gasteiger partial charge in [0.1, 0.15) is 0 Å². The summed E-state index contributed by atoms with van der Waals surface area (Å²) in [5.41, 5.74) is 8.63. The highest BCUT2D eigenvalue weighted by molar-refractivity contribution is 5.93. The molecule has 0 radical (unpaired) electrons.